The fraction of sp³-hybridized carbons (Fsp3) is 0.263. The number of rotatable bonds is 2. The van der Waals surface area contributed by atoms with Crippen molar-refractivity contribution < 1.29 is 0 Å². The molecule has 1 aliphatic rings. The molecule has 26 heavy (non-hydrogen) atoms. The van der Waals surface area contributed by atoms with Gasteiger partial charge in [0.2, 0.25) is 0 Å². The van der Waals surface area contributed by atoms with E-state index in [0.717, 1.165) is 35.6 Å². The van der Waals surface area contributed by atoms with Crippen LogP contribution in [-0.2, 0) is 13.6 Å². The minimum atomic E-state index is 0.230. The number of aryl methyl sites for hydroxylation is 1. The zero-order valence-corrected chi connectivity index (χ0v) is 14.7. The van der Waals surface area contributed by atoms with Gasteiger partial charge in [-0.2, -0.15) is 5.10 Å². The molecule has 0 N–H and O–H groups in total. The van der Waals surface area contributed by atoms with E-state index in [1.54, 1.807) is 10.9 Å². The highest BCUT2D eigenvalue weighted by atomic mass is 15.3. The first-order valence-corrected chi connectivity index (χ1v) is 8.75. The second kappa shape index (κ2) is 5.66. The fourth-order valence-corrected chi connectivity index (χ4v) is 3.70. The Kier molecular flexibility index (Phi) is 3.28. The van der Waals surface area contributed by atoms with E-state index in [0.29, 0.717) is 5.82 Å². The quantitative estimate of drug-likeness (QED) is 0.559. The van der Waals surface area contributed by atoms with Crippen LogP contribution >= 0.6 is 0 Å². The van der Waals surface area contributed by atoms with E-state index < -0.39 is 0 Å². The molecule has 0 amide bonds. The zero-order valence-electron chi connectivity index (χ0n) is 14.7. The molecule has 5 rings (SSSR count). The van der Waals surface area contributed by atoms with Crippen LogP contribution in [0.15, 0.2) is 48.9 Å². The summed E-state index contributed by atoms with van der Waals surface area (Å²) in [4.78, 5) is 16.4. The number of fused-ring (bicyclic) bond motifs is 2. The van der Waals surface area contributed by atoms with Crippen LogP contribution in [-0.4, -0.2) is 35.8 Å². The zero-order chi connectivity index (χ0) is 17.7. The van der Waals surface area contributed by atoms with Crippen LogP contribution in [0.25, 0.3) is 22.6 Å². The first-order valence-electron chi connectivity index (χ1n) is 8.75. The van der Waals surface area contributed by atoms with Gasteiger partial charge in [-0.15, -0.1) is 0 Å². The average Bonchev–Trinajstić information content (AvgIpc) is 3.30. The van der Waals surface area contributed by atoms with Crippen LogP contribution in [0.5, 0.6) is 0 Å². The Morgan fingerprint density at radius 2 is 2.00 bits per heavy atom. The van der Waals surface area contributed by atoms with Crippen molar-refractivity contribution in [1.29, 1.82) is 0 Å². The number of hydrogen-bond donors (Lipinski definition) is 0. The molecule has 7 heteroatoms. The Morgan fingerprint density at radius 1 is 1.08 bits per heavy atom. The molecule has 0 fully saturated rings. The maximum atomic E-state index is 4.91. The smallest absolute Gasteiger partial charge is 0.182 e. The van der Waals surface area contributed by atoms with Gasteiger partial charge in [0.15, 0.2) is 11.5 Å². The van der Waals surface area contributed by atoms with Gasteiger partial charge in [0.1, 0.15) is 11.5 Å². The molecule has 4 aromatic rings. The predicted octanol–water partition coefficient (Wildman–Crippen LogP) is 2.81. The Morgan fingerprint density at radius 3 is 2.85 bits per heavy atom. The minimum Gasteiger partial charge on any atom is -0.348 e. The summed E-state index contributed by atoms with van der Waals surface area (Å²) in [5, 5.41) is 5.38. The molecular weight excluding hydrogens is 326 g/mol. The van der Waals surface area contributed by atoms with Gasteiger partial charge in [-0.25, -0.2) is 9.97 Å². The molecule has 0 bridgehead atoms. The molecule has 0 radical (unpaired) electrons. The maximum Gasteiger partial charge on any atom is 0.182 e. The summed E-state index contributed by atoms with van der Waals surface area (Å²) in [6.07, 6.45) is 5.76. The van der Waals surface area contributed by atoms with Crippen molar-refractivity contribution in [2.24, 2.45) is 7.05 Å². The average molecular weight is 345 g/mol. The van der Waals surface area contributed by atoms with Gasteiger partial charge in [-0.1, -0.05) is 6.07 Å². The van der Waals surface area contributed by atoms with Crippen molar-refractivity contribution in [1.82, 2.24) is 29.3 Å². The number of aromatic nitrogens is 6. The summed E-state index contributed by atoms with van der Waals surface area (Å²) in [6, 6.07) is 10.3. The number of nitrogens with zero attached hydrogens (tertiary/aromatic N) is 7. The molecule has 0 spiro atoms. The Hall–Kier alpha value is -3.22. The van der Waals surface area contributed by atoms with Crippen molar-refractivity contribution in [3.63, 3.8) is 0 Å². The van der Waals surface area contributed by atoms with Gasteiger partial charge in [-0.05, 0) is 31.2 Å². The van der Waals surface area contributed by atoms with Crippen molar-refractivity contribution >= 4 is 16.9 Å². The maximum absolute atomic E-state index is 4.91. The molecule has 5 heterocycles. The largest absolute Gasteiger partial charge is 0.348 e. The van der Waals surface area contributed by atoms with Gasteiger partial charge in [0.25, 0.3) is 0 Å². The molecule has 1 atom stereocenters. The van der Waals surface area contributed by atoms with Gasteiger partial charge in [-0.3, -0.25) is 9.67 Å². The van der Waals surface area contributed by atoms with Crippen molar-refractivity contribution in [2.75, 3.05) is 11.4 Å². The van der Waals surface area contributed by atoms with Crippen LogP contribution in [0.3, 0.4) is 0 Å². The Labute approximate surface area is 150 Å². The second-order valence-electron chi connectivity index (χ2n) is 6.59. The van der Waals surface area contributed by atoms with Crippen LogP contribution in [0.2, 0.25) is 0 Å². The lowest BCUT2D eigenvalue weighted by atomic mass is 10.1. The normalized spacial score (nSPS) is 16.8. The van der Waals surface area contributed by atoms with E-state index in [2.05, 4.69) is 44.8 Å². The SMILES string of the molecule is C[C@@H]1c2cccn2CCN1c1nc(-c2ccccn2)nc2c1cnn2C. The molecule has 7 nitrogen and oxygen atoms in total. The summed E-state index contributed by atoms with van der Waals surface area (Å²) in [5.41, 5.74) is 2.89. The van der Waals surface area contributed by atoms with Crippen LogP contribution < -0.4 is 4.90 Å². The highest BCUT2D eigenvalue weighted by Crippen LogP contribution is 2.34. The molecule has 130 valence electrons. The van der Waals surface area contributed by atoms with Gasteiger partial charge in [0.05, 0.1) is 17.6 Å². The highest BCUT2D eigenvalue weighted by molar-refractivity contribution is 5.88. The standard InChI is InChI=1S/C19H19N7/c1-13-16-7-5-9-25(16)10-11-26(13)19-14-12-21-24(2)18(14)22-17(23-19)15-6-3-4-8-20-15/h3-9,12-13H,10-11H2,1-2H3/t13-/m1/s1. The van der Waals surface area contributed by atoms with Crippen LogP contribution in [0, 0.1) is 0 Å². The number of hydrogen-bond acceptors (Lipinski definition) is 5. The van der Waals surface area contributed by atoms with E-state index in [1.807, 2.05) is 31.4 Å². The van der Waals surface area contributed by atoms with Crippen LogP contribution in [0.1, 0.15) is 18.7 Å². The molecule has 0 saturated heterocycles. The molecular formula is C19H19N7. The topological polar surface area (TPSA) is 64.7 Å². The third-order valence-electron chi connectivity index (χ3n) is 5.08. The summed E-state index contributed by atoms with van der Waals surface area (Å²) in [6.45, 7) is 4.05. The van der Waals surface area contributed by atoms with Crippen molar-refractivity contribution in [2.45, 2.75) is 19.5 Å². The molecule has 4 aromatic heterocycles. The van der Waals surface area contributed by atoms with Gasteiger partial charge >= 0.3 is 0 Å². The van der Waals surface area contributed by atoms with Gasteiger partial charge < -0.3 is 9.47 Å². The lowest BCUT2D eigenvalue weighted by Crippen LogP contribution is -2.37. The third-order valence-corrected chi connectivity index (χ3v) is 5.08. The van der Waals surface area contributed by atoms with E-state index in [4.69, 9.17) is 9.97 Å². The fourth-order valence-electron chi connectivity index (χ4n) is 3.70. The molecule has 0 aliphatic carbocycles. The Balaban J connectivity index is 1.70. The molecule has 0 unspecified atom stereocenters. The van der Waals surface area contributed by atoms with E-state index >= 15 is 0 Å². The summed E-state index contributed by atoms with van der Waals surface area (Å²) >= 11 is 0. The third kappa shape index (κ3) is 2.20. The Bertz CT molecular complexity index is 1080. The number of pyridine rings is 1. The van der Waals surface area contributed by atoms with Crippen molar-refractivity contribution in [3.8, 4) is 11.5 Å². The second-order valence-corrected chi connectivity index (χ2v) is 6.59. The summed E-state index contributed by atoms with van der Waals surface area (Å²) in [5.74, 6) is 1.55. The first-order chi connectivity index (χ1) is 12.7. The minimum absolute atomic E-state index is 0.230. The van der Waals surface area contributed by atoms with E-state index in [9.17, 15) is 0 Å². The lowest BCUT2D eigenvalue weighted by Gasteiger charge is -2.36. The monoisotopic (exact) mass is 345 g/mol. The molecule has 0 aromatic carbocycles. The molecule has 1 aliphatic heterocycles. The summed E-state index contributed by atoms with van der Waals surface area (Å²) < 4.78 is 4.10. The first kappa shape index (κ1) is 15.1. The number of anilines is 1. The highest BCUT2D eigenvalue weighted by Gasteiger charge is 2.27. The van der Waals surface area contributed by atoms with E-state index in [1.165, 1.54) is 5.69 Å². The van der Waals surface area contributed by atoms with E-state index in [-0.39, 0.29) is 6.04 Å². The van der Waals surface area contributed by atoms with Crippen molar-refractivity contribution in [3.05, 3.63) is 54.6 Å². The predicted molar refractivity (Wildman–Crippen MR) is 99.7 cm³/mol. The van der Waals surface area contributed by atoms with Crippen LogP contribution in [0.4, 0.5) is 5.82 Å². The molecule has 0 saturated carbocycles. The lowest BCUT2D eigenvalue weighted by molar-refractivity contribution is 0.507. The summed E-state index contributed by atoms with van der Waals surface area (Å²) in [7, 11) is 1.91. The van der Waals surface area contributed by atoms with Gasteiger partial charge in [0, 0.05) is 38.2 Å².